The normalized spacial score (nSPS) is 11.9. The van der Waals surface area contributed by atoms with Gasteiger partial charge in [-0.15, -0.1) is 5.92 Å². The number of aliphatic hydroxyl groups excluding tert-OH is 1. The maximum atomic E-state index is 8.83. The Labute approximate surface area is 139 Å². The molecule has 5 heteroatoms. The van der Waals surface area contributed by atoms with Gasteiger partial charge in [-0.05, 0) is 30.9 Å². The van der Waals surface area contributed by atoms with Crippen molar-refractivity contribution in [3.05, 3.63) is 40.9 Å². The van der Waals surface area contributed by atoms with Crippen molar-refractivity contribution >= 4 is 40.0 Å². The SMILES string of the molecule is CC#C/C(=C\C=CCO)c1cc2nc(SCC)[nH]c2cc1Cl. The van der Waals surface area contributed by atoms with Gasteiger partial charge in [0.15, 0.2) is 5.16 Å². The summed E-state index contributed by atoms with van der Waals surface area (Å²) in [6, 6.07) is 3.82. The lowest BCUT2D eigenvalue weighted by Gasteiger charge is -2.03. The molecule has 0 bridgehead atoms. The third kappa shape index (κ3) is 3.95. The summed E-state index contributed by atoms with van der Waals surface area (Å²) < 4.78 is 0. The van der Waals surface area contributed by atoms with E-state index in [1.165, 1.54) is 0 Å². The van der Waals surface area contributed by atoms with E-state index in [0.717, 1.165) is 33.1 Å². The molecular weight excluding hydrogens is 316 g/mol. The number of fused-ring (bicyclic) bond motifs is 1. The van der Waals surface area contributed by atoms with Gasteiger partial charge in [0.05, 0.1) is 22.7 Å². The van der Waals surface area contributed by atoms with Gasteiger partial charge >= 0.3 is 0 Å². The van der Waals surface area contributed by atoms with Gasteiger partial charge in [0, 0.05) is 11.1 Å². The molecule has 0 aliphatic carbocycles. The standard InChI is InChI=1S/C17H17ClN2OS/c1-3-7-12(8-5-6-9-21)13-10-15-16(11-14(13)18)20-17(19-15)22-4-2/h5-6,8,10-11,21H,4,9H2,1-2H3,(H,19,20)/b6-5?,12-8+. The van der Waals surface area contributed by atoms with Gasteiger partial charge in [-0.25, -0.2) is 4.98 Å². The van der Waals surface area contributed by atoms with Crippen molar-refractivity contribution in [3.8, 4) is 11.8 Å². The number of aliphatic hydroxyl groups is 1. The molecule has 0 spiro atoms. The van der Waals surface area contributed by atoms with Crippen LogP contribution in [0.5, 0.6) is 0 Å². The molecule has 0 aliphatic rings. The number of hydrogen-bond donors (Lipinski definition) is 2. The molecule has 1 aromatic heterocycles. The molecule has 2 aromatic rings. The lowest BCUT2D eigenvalue weighted by Crippen LogP contribution is -1.85. The summed E-state index contributed by atoms with van der Waals surface area (Å²) in [6.07, 6.45) is 5.26. The first kappa shape index (κ1) is 16.7. The second kappa shape index (κ2) is 8.09. The maximum absolute atomic E-state index is 8.83. The zero-order valence-electron chi connectivity index (χ0n) is 12.5. The van der Waals surface area contributed by atoms with E-state index in [1.54, 1.807) is 30.8 Å². The van der Waals surface area contributed by atoms with Crippen LogP contribution in [0, 0.1) is 11.8 Å². The molecule has 0 atom stereocenters. The van der Waals surface area contributed by atoms with Crippen molar-refractivity contribution in [2.24, 2.45) is 0 Å². The lowest BCUT2D eigenvalue weighted by molar-refractivity contribution is 0.343. The Morgan fingerprint density at radius 2 is 2.32 bits per heavy atom. The molecule has 2 N–H and O–H groups in total. The van der Waals surface area contributed by atoms with E-state index in [9.17, 15) is 0 Å². The van der Waals surface area contributed by atoms with Crippen LogP contribution in [-0.2, 0) is 0 Å². The van der Waals surface area contributed by atoms with Crippen LogP contribution in [-0.4, -0.2) is 27.4 Å². The summed E-state index contributed by atoms with van der Waals surface area (Å²) in [7, 11) is 0. The number of imidazole rings is 1. The fraction of sp³-hybridized carbons (Fsp3) is 0.235. The van der Waals surface area contributed by atoms with Gasteiger partial charge in [-0.3, -0.25) is 0 Å². The molecule has 0 fully saturated rings. The summed E-state index contributed by atoms with van der Waals surface area (Å²) >= 11 is 8.05. The number of nitrogens with one attached hydrogen (secondary N) is 1. The number of benzene rings is 1. The van der Waals surface area contributed by atoms with Gasteiger partial charge < -0.3 is 10.1 Å². The van der Waals surface area contributed by atoms with Crippen LogP contribution in [0.1, 0.15) is 19.4 Å². The summed E-state index contributed by atoms with van der Waals surface area (Å²) in [6.45, 7) is 3.86. The number of thioether (sulfide) groups is 1. The van der Waals surface area contributed by atoms with Crippen molar-refractivity contribution in [2.45, 2.75) is 19.0 Å². The molecule has 3 nitrogen and oxygen atoms in total. The van der Waals surface area contributed by atoms with Gasteiger partial charge in [0.1, 0.15) is 0 Å². The predicted octanol–water partition coefficient (Wildman–Crippen LogP) is 4.28. The zero-order chi connectivity index (χ0) is 15.9. The van der Waals surface area contributed by atoms with E-state index in [1.807, 2.05) is 18.2 Å². The van der Waals surface area contributed by atoms with Crippen LogP contribution in [0.4, 0.5) is 0 Å². The van der Waals surface area contributed by atoms with Gasteiger partial charge in [-0.2, -0.15) is 0 Å². The van der Waals surface area contributed by atoms with E-state index in [-0.39, 0.29) is 6.61 Å². The molecule has 0 radical (unpaired) electrons. The van der Waals surface area contributed by atoms with Crippen LogP contribution in [0.15, 0.2) is 35.5 Å². The highest BCUT2D eigenvalue weighted by Gasteiger charge is 2.10. The molecule has 2 rings (SSSR count). The van der Waals surface area contributed by atoms with E-state index in [2.05, 4.69) is 28.7 Å². The van der Waals surface area contributed by atoms with E-state index >= 15 is 0 Å². The fourth-order valence-electron chi connectivity index (χ4n) is 1.98. The number of hydrogen-bond acceptors (Lipinski definition) is 3. The number of aromatic nitrogens is 2. The summed E-state index contributed by atoms with van der Waals surface area (Å²) in [5, 5.41) is 10.3. The average molecular weight is 333 g/mol. The summed E-state index contributed by atoms with van der Waals surface area (Å²) in [5.74, 6) is 6.89. The molecular formula is C17H17ClN2OS. The third-order valence-electron chi connectivity index (χ3n) is 2.88. The Hall–Kier alpha value is -1.67. The highest BCUT2D eigenvalue weighted by Crippen LogP contribution is 2.29. The summed E-state index contributed by atoms with van der Waals surface area (Å²) in [4.78, 5) is 7.81. The van der Waals surface area contributed by atoms with Crippen LogP contribution in [0.25, 0.3) is 16.6 Å². The minimum absolute atomic E-state index is 0.00688. The highest BCUT2D eigenvalue weighted by atomic mass is 35.5. The van der Waals surface area contributed by atoms with Gasteiger partial charge in [0.25, 0.3) is 0 Å². The maximum Gasteiger partial charge on any atom is 0.166 e. The number of rotatable bonds is 5. The minimum Gasteiger partial charge on any atom is -0.392 e. The monoisotopic (exact) mass is 332 g/mol. The first-order valence-electron chi connectivity index (χ1n) is 6.92. The Morgan fingerprint density at radius 3 is 3.00 bits per heavy atom. The Kier molecular flexibility index (Phi) is 6.14. The van der Waals surface area contributed by atoms with Crippen molar-refractivity contribution in [3.63, 3.8) is 0 Å². The largest absolute Gasteiger partial charge is 0.392 e. The first-order chi connectivity index (χ1) is 10.7. The molecule has 114 valence electrons. The molecule has 0 aliphatic heterocycles. The topological polar surface area (TPSA) is 48.9 Å². The first-order valence-corrected chi connectivity index (χ1v) is 8.28. The molecule has 1 heterocycles. The molecule has 22 heavy (non-hydrogen) atoms. The van der Waals surface area contributed by atoms with E-state index in [4.69, 9.17) is 16.7 Å². The lowest BCUT2D eigenvalue weighted by atomic mass is 10.0. The van der Waals surface area contributed by atoms with Crippen LogP contribution < -0.4 is 0 Å². The predicted molar refractivity (Wildman–Crippen MR) is 95.2 cm³/mol. The van der Waals surface area contributed by atoms with E-state index < -0.39 is 0 Å². The van der Waals surface area contributed by atoms with Crippen molar-refractivity contribution in [1.29, 1.82) is 0 Å². The Balaban J connectivity index is 2.51. The quantitative estimate of drug-likeness (QED) is 0.488. The van der Waals surface area contributed by atoms with Crippen LogP contribution >= 0.6 is 23.4 Å². The Bertz CT molecular complexity index is 781. The molecule has 0 amide bonds. The molecule has 0 saturated heterocycles. The number of aromatic amines is 1. The number of allylic oxidation sites excluding steroid dienone is 3. The number of H-pyrrole nitrogens is 1. The second-order valence-electron chi connectivity index (χ2n) is 4.39. The second-order valence-corrected chi connectivity index (χ2v) is 6.05. The van der Waals surface area contributed by atoms with Crippen LogP contribution in [0.2, 0.25) is 5.02 Å². The average Bonchev–Trinajstić information content (AvgIpc) is 2.87. The minimum atomic E-state index is -0.00688. The van der Waals surface area contributed by atoms with Crippen LogP contribution in [0.3, 0.4) is 0 Å². The smallest absolute Gasteiger partial charge is 0.166 e. The molecule has 0 saturated carbocycles. The van der Waals surface area contributed by atoms with E-state index in [0.29, 0.717) is 5.02 Å². The van der Waals surface area contributed by atoms with Crippen molar-refractivity contribution < 1.29 is 5.11 Å². The highest BCUT2D eigenvalue weighted by molar-refractivity contribution is 7.99. The number of nitrogens with zero attached hydrogens (tertiary/aromatic N) is 1. The molecule has 0 unspecified atom stereocenters. The van der Waals surface area contributed by atoms with Gasteiger partial charge in [-0.1, -0.05) is 48.4 Å². The zero-order valence-corrected chi connectivity index (χ0v) is 14.1. The van der Waals surface area contributed by atoms with Gasteiger partial charge in [0.2, 0.25) is 0 Å². The third-order valence-corrected chi connectivity index (χ3v) is 3.95. The Morgan fingerprint density at radius 1 is 1.50 bits per heavy atom. The summed E-state index contributed by atoms with van der Waals surface area (Å²) in [5.41, 5.74) is 3.42. The number of halogens is 1. The van der Waals surface area contributed by atoms with Crippen molar-refractivity contribution in [1.82, 2.24) is 9.97 Å². The molecule has 1 aromatic carbocycles. The fourth-order valence-corrected chi connectivity index (χ4v) is 2.86. The van der Waals surface area contributed by atoms with Crippen molar-refractivity contribution in [2.75, 3.05) is 12.4 Å².